The number of nitrogens with zero attached hydrogens (tertiary/aromatic N) is 8. The van der Waals surface area contributed by atoms with Crippen LogP contribution in [0, 0.1) is 0 Å². The van der Waals surface area contributed by atoms with Crippen molar-refractivity contribution in [3.8, 4) is 17.4 Å². The molecule has 0 atom stereocenters. The number of fused-ring (bicyclic) bond motifs is 2. The first-order valence-corrected chi connectivity index (χ1v) is 14.3. The highest BCUT2D eigenvalue weighted by molar-refractivity contribution is 6.36. The summed E-state index contributed by atoms with van der Waals surface area (Å²) in [6.45, 7) is 4.44. The van der Waals surface area contributed by atoms with Gasteiger partial charge in [0, 0.05) is 52.3 Å². The maximum Gasteiger partial charge on any atom is 0.274 e. The minimum Gasteiger partial charge on any atom is -0.475 e. The van der Waals surface area contributed by atoms with Crippen LogP contribution in [0.4, 0.5) is 11.6 Å². The summed E-state index contributed by atoms with van der Waals surface area (Å²) < 4.78 is 22.7. The third kappa shape index (κ3) is 5.03. The molecule has 0 amide bonds. The Kier molecular flexibility index (Phi) is 6.92. The van der Waals surface area contributed by atoms with E-state index in [1.165, 1.54) is 6.20 Å². The first-order valence-electron chi connectivity index (χ1n) is 13.9. The molecule has 13 nitrogen and oxygen atoms in total. The number of anilines is 2. The molecule has 1 aliphatic carbocycles. The Labute approximate surface area is 245 Å². The second-order valence-corrected chi connectivity index (χ2v) is 10.9. The Hall–Kier alpha value is -4.20. The van der Waals surface area contributed by atoms with Gasteiger partial charge >= 0.3 is 0 Å². The zero-order valence-corrected chi connectivity index (χ0v) is 24.0. The van der Waals surface area contributed by atoms with Crippen LogP contribution in [0.25, 0.3) is 16.7 Å². The molecular weight excluding hydrogens is 562 g/mol. The fourth-order valence-corrected chi connectivity index (χ4v) is 5.47. The van der Waals surface area contributed by atoms with E-state index in [-0.39, 0.29) is 5.56 Å². The predicted molar refractivity (Wildman–Crippen MR) is 156 cm³/mol. The van der Waals surface area contributed by atoms with Crippen LogP contribution in [-0.2, 0) is 18.8 Å². The minimum atomic E-state index is -0.140. The Balaban J connectivity index is 1.15. The molecule has 0 aromatic carbocycles. The summed E-state index contributed by atoms with van der Waals surface area (Å²) >= 11 is 6.86. The quantitative estimate of drug-likeness (QED) is 0.272. The lowest BCUT2D eigenvalue weighted by atomic mass is 10.2. The van der Waals surface area contributed by atoms with E-state index >= 15 is 0 Å². The van der Waals surface area contributed by atoms with Crippen LogP contribution in [0.5, 0.6) is 17.4 Å². The summed E-state index contributed by atoms with van der Waals surface area (Å²) in [6.07, 6.45) is 10.6. The minimum absolute atomic E-state index is 0.140. The van der Waals surface area contributed by atoms with Gasteiger partial charge in [0.05, 0.1) is 25.6 Å². The summed E-state index contributed by atoms with van der Waals surface area (Å²) in [5.41, 5.74) is 3.00. The van der Waals surface area contributed by atoms with Crippen molar-refractivity contribution in [2.45, 2.75) is 18.8 Å². The number of hydrogen-bond acceptors (Lipinski definition) is 10. The van der Waals surface area contributed by atoms with Gasteiger partial charge in [-0.2, -0.15) is 10.1 Å². The monoisotopic (exact) mass is 591 g/mol. The first kappa shape index (κ1) is 26.7. The van der Waals surface area contributed by atoms with E-state index in [2.05, 4.69) is 30.3 Å². The lowest BCUT2D eigenvalue weighted by molar-refractivity contribution is 0.0320. The average molecular weight is 592 g/mol. The molecule has 7 rings (SSSR count). The molecule has 0 spiro atoms. The van der Waals surface area contributed by atoms with E-state index < -0.39 is 0 Å². The van der Waals surface area contributed by atoms with Gasteiger partial charge in [-0.05, 0) is 30.4 Å². The molecule has 2 aliphatic rings. The number of hydrogen-bond donors (Lipinski definition) is 1. The lowest BCUT2D eigenvalue weighted by Crippen LogP contribution is -2.38. The van der Waals surface area contributed by atoms with Crippen molar-refractivity contribution in [3.63, 3.8) is 0 Å². The number of halogens is 1. The largest absolute Gasteiger partial charge is 0.475 e. The van der Waals surface area contributed by atoms with Gasteiger partial charge in [-0.25, -0.2) is 14.5 Å². The van der Waals surface area contributed by atoms with E-state index in [1.807, 2.05) is 19.3 Å². The number of rotatable bonds is 9. The molecule has 2 fully saturated rings. The summed E-state index contributed by atoms with van der Waals surface area (Å²) in [7, 11) is 3.57. The molecule has 14 heteroatoms. The fourth-order valence-electron chi connectivity index (χ4n) is 5.17. The summed E-state index contributed by atoms with van der Waals surface area (Å²) in [6, 6.07) is 1.91. The normalized spacial score (nSPS) is 15.9. The topological polar surface area (TPSA) is 126 Å². The second kappa shape index (κ2) is 10.9. The van der Waals surface area contributed by atoms with E-state index in [9.17, 15) is 4.79 Å². The molecule has 5 aromatic rings. The number of imidazole rings is 1. The van der Waals surface area contributed by atoms with Crippen molar-refractivity contribution in [2.75, 3.05) is 44.8 Å². The van der Waals surface area contributed by atoms with E-state index in [0.29, 0.717) is 63.2 Å². The van der Waals surface area contributed by atoms with Crippen molar-refractivity contribution in [2.24, 2.45) is 14.1 Å². The van der Waals surface area contributed by atoms with Crippen LogP contribution in [0.2, 0.25) is 5.02 Å². The third-order valence-corrected chi connectivity index (χ3v) is 8.00. The number of pyridine rings is 2. The van der Waals surface area contributed by atoms with E-state index in [4.69, 9.17) is 25.8 Å². The smallest absolute Gasteiger partial charge is 0.274 e. The highest BCUT2D eigenvalue weighted by atomic mass is 35.5. The predicted octanol–water partition coefficient (Wildman–Crippen LogP) is 3.49. The van der Waals surface area contributed by atoms with Gasteiger partial charge in [0.1, 0.15) is 22.8 Å². The number of aryl methyl sites for hydroxylation is 2. The number of ether oxygens (including phenoxy) is 3. The zero-order valence-electron chi connectivity index (χ0n) is 23.3. The highest BCUT2D eigenvalue weighted by Crippen LogP contribution is 2.41. The van der Waals surface area contributed by atoms with Gasteiger partial charge in [-0.3, -0.25) is 9.69 Å². The second-order valence-electron chi connectivity index (χ2n) is 10.5. The standard InChI is InChI=1S/C28H30ClN9O4/c1-35-16-18(17-3-4-17)13-19(27(35)39)33-28-34-25-24(36(28)2)22(29)20(14-31-25)42-21-15-32-38-6-5-30-26(23(21)38)41-12-9-37-7-10-40-11-8-37/h5-6,13-17H,3-4,7-12H2,1-2H3,(H,31,33,34). The van der Waals surface area contributed by atoms with Crippen LogP contribution < -0.4 is 20.3 Å². The van der Waals surface area contributed by atoms with Gasteiger partial charge in [0.15, 0.2) is 22.7 Å². The lowest BCUT2D eigenvalue weighted by Gasteiger charge is -2.26. The third-order valence-electron chi connectivity index (χ3n) is 7.64. The van der Waals surface area contributed by atoms with Crippen molar-refractivity contribution in [1.82, 2.24) is 38.6 Å². The molecule has 1 N–H and O–H groups in total. The summed E-state index contributed by atoms with van der Waals surface area (Å²) in [5.74, 6) is 2.10. The van der Waals surface area contributed by atoms with Crippen molar-refractivity contribution >= 4 is 39.9 Å². The fraction of sp³-hybridized carbons (Fsp3) is 0.393. The zero-order chi connectivity index (χ0) is 28.8. The van der Waals surface area contributed by atoms with Gasteiger partial charge in [-0.1, -0.05) is 11.6 Å². The maximum atomic E-state index is 12.8. The molecule has 6 heterocycles. The molecule has 1 saturated heterocycles. The average Bonchev–Trinajstić information content (AvgIpc) is 3.69. The molecule has 5 aromatic heterocycles. The number of morpholine rings is 1. The van der Waals surface area contributed by atoms with Crippen LogP contribution in [0.3, 0.4) is 0 Å². The van der Waals surface area contributed by atoms with Crippen LogP contribution in [0.15, 0.2) is 41.8 Å². The number of aromatic nitrogens is 7. The summed E-state index contributed by atoms with van der Waals surface area (Å²) in [4.78, 5) is 28.6. The molecule has 1 aliphatic heterocycles. The maximum absolute atomic E-state index is 12.8. The highest BCUT2D eigenvalue weighted by Gasteiger charge is 2.26. The van der Waals surface area contributed by atoms with Crippen molar-refractivity contribution in [1.29, 1.82) is 0 Å². The van der Waals surface area contributed by atoms with E-state index in [1.54, 1.807) is 39.3 Å². The van der Waals surface area contributed by atoms with Crippen LogP contribution >= 0.6 is 11.6 Å². The molecule has 218 valence electrons. The molecule has 0 bridgehead atoms. The summed E-state index contributed by atoms with van der Waals surface area (Å²) in [5, 5.41) is 7.91. The molecule has 0 radical (unpaired) electrons. The van der Waals surface area contributed by atoms with Gasteiger partial charge < -0.3 is 28.7 Å². The van der Waals surface area contributed by atoms with Crippen LogP contribution in [0.1, 0.15) is 24.3 Å². The first-order chi connectivity index (χ1) is 20.5. The van der Waals surface area contributed by atoms with Crippen LogP contribution in [-0.4, -0.2) is 78.1 Å². The Bertz CT molecular complexity index is 1840. The van der Waals surface area contributed by atoms with Crippen molar-refractivity contribution < 1.29 is 14.2 Å². The van der Waals surface area contributed by atoms with Gasteiger partial charge in [0.2, 0.25) is 11.8 Å². The van der Waals surface area contributed by atoms with Gasteiger partial charge in [0.25, 0.3) is 5.56 Å². The van der Waals surface area contributed by atoms with Crippen molar-refractivity contribution in [3.05, 3.63) is 58.0 Å². The molecule has 42 heavy (non-hydrogen) atoms. The molecule has 1 saturated carbocycles. The van der Waals surface area contributed by atoms with E-state index in [0.717, 1.165) is 51.3 Å². The van der Waals surface area contributed by atoms with Gasteiger partial charge in [-0.15, -0.1) is 0 Å². The SMILES string of the molecule is Cn1cc(C2CC2)cc(Nc2nc3ncc(Oc4cnn5ccnc(OCCN6CCOCC6)c45)c(Cl)c3n2C)c1=O. The molecule has 0 unspecified atom stereocenters. The Morgan fingerprint density at radius 2 is 1.95 bits per heavy atom. The molecular formula is C28H30ClN9O4. The number of nitrogens with one attached hydrogen (secondary N) is 1. The Morgan fingerprint density at radius 3 is 2.76 bits per heavy atom. The Morgan fingerprint density at radius 1 is 1.12 bits per heavy atom.